The van der Waals surface area contributed by atoms with Crippen molar-refractivity contribution < 1.29 is 9.52 Å². The second-order valence-corrected chi connectivity index (χ2v) is 3.38. The Morgan fingerprint density at radius 2 is 2.12 bits per heavy atom. The molecule has 0 saturated carbocycles. The van der Waals surface area contributed by atoms with E-state index in [1.54, 1.807) is 6.07 Å². The van der Waals surface area contributed by atoms with E-state index in [1.165, 1.54) is 12.5 Å². The van der Waals surface area contributed by atoms with Crippen LogP contribution in [0.5, 0.6) is 5.95 Å². The van der Waals surface area contributed by atoms with Crippen molar-refractivity contribution in [1.82, 2.24) is 15.2 Å². The summed E-state index contributed by atoms with van der Waals surface area (Å²) in [6, 6.07) is 7.32. The van der Waals surface area contributed by atoms with Gasteiger partial charge in [-0.25, -0.2) is 10.1 Å². The second-order valence-electron chi connectivity index (χ2n) is 3.38. The van der Waals surface area contributed by atoms with Gasteiger partial charge in [-0.3, -0.25) is 0 Å². The molecule has 84 valence electrons. The van der Waals surface area contributed by atoms with E-state index in [4.69, 9.17) is 4.42 Å². The van der Waals surface area contributed by atoms with E-state index in [-0.39, 0.29) is 5.95 Å². The lowest BCUT2D eigenvalue weighted by atomic mass is 10.2. The van der Waals surface area contributed by atoms with Gasteiger partial charge in [0.15, 0.2) is 5.76 Å². The van der Waals surface area contributed by atoms with Crippen LogP contribution in [-0.2, 0) is 0 Å². The van der Waals surface area contributed by atoms with Crippen LogP contribution < -0.4 is 0 Å². The van der Waals surface area contributed by atoms with Gasteiger partial charge in [-0.15, -0.1) is 0 Å². The van der Waals surface area contributed by atoms with Crippen LogP contribution >= 0.6 is 0 Å². The van der Waals surface area contributed by atoms with E-state index < -0.39 is 0 Å². The minimum Gasteiger partial charge on any atom is -0.480 e. The fraction of sp³-hybridized carbons (Fsp3) is 0. The fourth-order valence-electron chi connectivity index (χ4n) is 1.58. The minimum atomic E-state index is -0.111. The number of aliphatic imine (C=N–C) groups is 1. The molecule has 17 heavy (non-hydrogen) atoms. The number of aromatic amines is 1. The monoisotopic (exact) mass is 228 g/mol. The molecular weight excluding hydrogens is 220 g/mol. The number of hydrogen-bond donors (Lipinski definition) is 2. The van der Waals surface area contributed by atoms with Crippen molar-refractivity contribution in [3.8, 4) is 5.95 Å². The molecule has 0 unspecified atom stereocenters. The van der Waals surface area contributed by atoms with Crippen molar-refractivity contribution in [2.24, 2.45) is 4.99 Å². The molecule has 0 fully saturated rings. The zero-order valence-corrected chi connectivity index (χ0v) is 8.66. The SMILES string of the molecule is Oc1oc(/C=N/c2ncn[nH]2)c2ccccc12. The molecule has 3 rings (SSSR count). The first kappa shape index (κ1) is 9.59. The van der Waals surface area contributed by atoms with E-state index in [2.05, 4.69) is 20.2 Å². The predicted octanol–water partition coefficient (Wildman–Crippen LogP) is 2.01. The zero-order chi connectivity index (χ0) is 11.7. The smallest absolute Gasteiger partial charge is 0.290 e. The summed E-state index contributed by atoms with van der Waals surface area (Å²) in [7, 11) is 0. The van der Waals surface area contributed by atoms with Crippen LogP contribution in [0.4, 0.5) is 5.95 Å². The van der Waals surface area contributed by atoms with Crippen LogP contribution in [0.2, 0.25) is 0 Å². The average Bonchev–Trinajstić information content (AvgIpc) is 2.96. The molecule has 0 bridgehead atoms. The van der Waals surface area contributed by atoms with Gasteiger partial charge in [0.2, 0.25) is 5.95 Å². The predicted molar refractivity (Wildman–Crippen MR) is 61.5 cm³/mol. The highest BCUT2D eigenvalue weighted by atomic mass is 16.5. The summed E-state index contributed by atoms with van der Waals surface area (Å²) in [6.07, 6.45) is 2.85. The first-order chi connectivity index (χ1) is 8.34. The third kappa shape index (κ3) is 1.65. The van der Waals surface area contributed by atoms with Crippen molar-refractivity contribution in [1.29, 1.82) is 0 Å². The maximum absolute atomic E-state index is 9.59. The summed E-state index contributed by atoms with van der Waals surface area (Å²) >= 11 is 0. The number of H-pyrrole nitrogens is 1. The molecule has 2 N–H and O–H groups in total. The van der Waals surface area contributed by atoms with Gasteiger partial charge in [-0.1, -0.05) is 18.2 Å². The zero-order valence-electron chi connectivity index (χ0n) is 8.66. The number of nitrogens with zero attached hydrogens (tertiary/aromatic N) is 3. The summed E-state index contributed by atoms with van der Waals surface area (Å²) in [6.45, 7) is 0. The van der Waals surface area contributed by atoms with Crippen molar-refractivity contribution in [2.75, 3.05) is 0 Å². The molecule has 3 aromatic rings. The van der Waals surface area contributed by atoms with Crippen LogP contribution in [-0.4, -0.2) is 26.5 Å². The van der Waals surface area contributed by atoms with Gasteiger partial charge >= 0.3 is 0 Å². The topological polar surface area (TPSA) is 87.3 Å². The first-order valence-electron chi connectivity index (χ1n) is 4.94. The van der Waals surface area contributed by atoms with Crippen LogP contribution in [0, 0.1) is 0 Å². The van der Waals surface area contributed by atoms with Crippen molar-refractivity contribution in [3.05, 3.63) is 36.4 Å². The van der Waals surface area contributed by atoms with Crippen LogP contribution in [0.15, 0.2) is 40.0 Å². The maximum Gasteiger partial charge on any atom is 0.290 e. The third-order valence-corrected chi connectivity index (χ3v) is 2.34. The van der Waals surface area contributed by atoms with E-state index in [1.807, 2.05) is 18.2 Å². The standard InChI is InChI=1S/C11H8N4O2/c16-10-8-4-2-1-3-7(8)9(17-10)5-12-11-13-6-14-15-11/h1-6,16H,(H,13,14,15)/b12-5+. The molecule has 0 aliphatic carbocycles. The van der Waals surface area contributed by atoms with Gasteiger partial charge in [-0.05, 0) is 6.07 Å². The summed E-state index contributed by atoms with van der Waals surface area (Å²) in [5.74, 6) is 0.749. The number of hydrogen-bond acceptors (Lipinski definition) is 5. The van der Waals surface area contributed by atoms with Gasteiger partial charge in [-0.2, -0.15) is 10.1 Å². The molecule has 1 aromatic carbocycles. The van der Waals surface area contributed by atoms with E-state index >= 15 is 0 Å². The molecule has 2 aromatic heterocycles. The maximum atomic E-state index is 9.59. The Kier molecular flexibility index (Phi) is 2.11. The number of rotatable bonds is 2. The second kappa shape index (κ2) is 3.75. The van der Waals surface area contributed by atoms with Crippen LogP contribution in [0.1, 0.15) is 5.76 Å². The highest BCUT2D eigenvalue weighted by Crippen LogP contribution is 2.29. The summed E-state index contributed by atoms with van der Waals surface area (Å²) < 4.78 is 5.21. The number of aromatic nitrogens is 3. The Hall–Kier alpha value is -2.63. The molecule has 0 atom stereocenters. The van der Waals surface area contributed by atoms with Crippen LogP contribution in [0.3, 0.4) is 0 Å². The van der Waals surface area contributed by atoms with Crippen molar-refractivity contribution in [2.45, 2.75) is 0 Å². The Bertz CT molecular complexity index is 670. The van der Waals surface area contributed by atoms with E-state index in [0.29, 0.717) is 17.1 Å². The average molecular weight is 228 g/mol. The van der Waals surface area contributed by atoms with Gasteiger partial charge in [0.1, 0.15) is 6.33 Å². The molecule has 6 nitrogen and oxygen atoms in total. The van der Waals surface area contributed by atoms with Gasteiger partial charge in [0.05, 0.1) is 11.6 Å². The molecular formula is C11H8N4O2. The highest BCUT2D eigenvalue weighted by molar-refractivity contribution is 6.00. The molecule has 2 heterocycles. The van der Waals surface area contributed by atoms with Crippen LogP contribution in [0.25, 0.3) is 10.8 Å². The van der Waals surface area contributed by atoms with Gasteiger partial charge in [0.25, 0.3) is 5.95 Å². The fourth-order valence-corrected chi connectivity index (χ4v) is 1.58. The Balaban J connectivity index is 2.06. The van der Waals surface area contributed by atoms with Crippen molar-refractivity contribution in [3.63, 3.8) is 0 Å². The van der Waals surface area contributed by atoms with E-state index in [9.17, 15) is 5.11 Å². The molecule has 0 aliphatic rings. The van der Waals surface area contributed by atoms with E-state index in [0.717, 1.165) is 5.39 Å². The summed E-state index contributed by atoms with van der Waals surface area (Å²) in [5.41, 5.74) is 0. The van der Waals surface area contributed by atoms with Gasteiger partial charge < -0.3 is 9.52 Å². The highest BCUT2D eigenvalue weighted by Gasteiger charge is 2.09. The van der Waals surface area contributed by atoms with Crippen molar-refractivity contribution >= 4 is 22.9 Å². The Morgan fingerprint density at radius 3 is 2.88 bits per heavy atom. The Morgan fingerprint density at radius 1 is 1.29 bits per heavy atom. The third-order valence-electron chi connectivity index (χ3n) is 2.34. The summed E-state index contributed by atoms with van der Waals surface area (Å²) in [5, 5.41) is 17.3. The lowest BCUT2D eigenvalue weighted by Gasteiger charge is -1.87. The molecule has 0 amide bonds. The lowest BCUT2D eigenvalue weighted by Crippen LogP contribution is -1.77. The molecule has 6 heteroatoms. The number of furan rings is 1. The number of fused-ring (bicyclic) bond motifs is 1. The molecule has 0 spiro atoms. The number of aromatic hydroxyl groups is 1. The molecule has 0 saturated heterocycles. The van der Waals surface area contributed by atoms with Gasteiger partial charge in [0, 0.05) is 5.39 Å². The number of nitrogens with one attached hydrogen (secondary N) is 1. The largest absolute Gasteiger partial charge is 0.480 e. The molecule has 0 aliphatic heterocycles. The quantitative estimate of drug-likeness (QED) is 0.657. The lowest BCUT2D eigenvalue weighted by molar-refractivity contribution is 0.336. The minimum absolute atomic E-state index is 0.111. The normalized spacial score (nSPS) is 11.5. The number of benzene rings is 1. The molecule has 0 radical (unpaired) electrons. The summed E-state index contributed by atoms with van der Waals surface area (Å²) in [4.78, 5) is 7.89. The first-order valence-corrected chi connectivity index (χ1v) is 4.94. The Labute approximate surface area is 95.6 Å².